The number of thiophene rings is 1. The van der Waals surface area contributed by atoms with Gasteiger partial charge in [-0.3, -0.25) is 14.9 Å². The Kier molecular flexibility index (Phi) is 2.62. The number of hydrogen-bond donors (Lipinski definition) is 1. The van der Waals surface area contributed by atoms with E-state index < -0.39 is 10.9 Å². The lowest BCUT2D eigenvalue weighted by atomic mass is 10.2. The Hall–Kier alpha value is -1.43. The summed E-state index contributed by atoms with van der Waals surface area (Å²) in [6, 6.07) is 0. The normalized spacial score (nSPS) is 9.92. The van der Waals surface area contributed by atoms with Crippen LogP contribution in [0.25, 0.3) is 0 Å². The van der Waals surface area contributed by atoms with Gasteiger partial charge in [0.15, 0.2) is 0 Å². The van der Waals surface area contributed by atoms with Gasteiger partial charge in [-0.1, -0.05) is 0 Å². The molecule has 70 valence electrons. The highest BCUT2D eigenvalue weighted by atomic mass is 32.1. The van der Waals surface area contributed by atoms with E-state index >= 15 is 0 Å². The molecule has 0 amide bonds. The van der Waals surface area contributed by atoms with Crippen molar-refractivity contribution in [3.8, 4) is 0 Å². The number of aryl methyl sites for hydroxylation is 1. The van der Waals surface area contributed by atoms with Crippen LogP contribution in [0.5, 0.6) is 0 Å². The maximum Gasteiger partial charge on any atom is 0.308 e. The van der Waals surface area contributed by atoms with Crippen LogP contribution in [0, 0.1) is 17.0 Å². The molecule has 0 bridgehead atoms. The number of aliphatic carboxylic acids is 1. The van der Waals surface area contributed by atoms with Gasteiger partial charge in [-0.2, -0.15) is 0 Å². The number of hydrogen-bond acceptors (Lipinski definition) is 4. The van der Waals surface area contributed by atoms with Gasteiger partial charge in [-0.05, 0) is 6.92 Å². The van der Waals surface area contributed by atoms with Gasteiger partial charge in [0.2, 0.25) is 0 Å². The van der Waals surface area contributed by atoms with Gasteiger partial charge < -0.3 is 5.11 Å². The van der Waals surface area contributed by atoms with Crippen molar-refractivity contribution in [1.29, 1.82) is 0 Å². The summed E-state index contributed by atoms with van der Waals surface area (Å²) in [6.45, 7) is 1.60. The van der Waals surface area contributed by atoms with E-state index in [9.17, 15) is 14.9 Å². The molecule has 0 saturated carbocycles. The minimum atomic E-state index is -1.05. The molecule has 0 atom stereocenters. The van der Waals surface area contributed by atoms with Crippen LogP contribution in [0.1, 0.15) is 10.4 Å². The van der Waals surface area contributed by atoms with E-state index in [1.807, 2.05) is 0 Å². The van der Waals surface area contributed by atoms with Gasteiger partial charge in [0, 0.05) is 10.9 Å². The first-order valence-corrected chi connectivity index (χ1v) is 4.33. The molecule has 0 unspecified atom stereocenters. The Labute approximate surface area is 77.8 Å². The quantitative estimate of drug-likeness (QED) is 0.594. The van der Waals surface area contributed by atoms with Gasteiger partial charge in [0.05, 0.1) is 16.2 Å². The highest BCUT2D eigenvalue weighted by molar-refractivity contribution is 7.10. The topological polar surface area (TPSA) is 80.4 Å². The van der Waals surface area contributed by atoms with Gasteiger partial charge in [-0.25, -0.2) is 0 Å². The zero-order chi connectivity index (χ0) is 10.0. The maximum atomic E-state index is 10.5. The standard InChI is InChI=1S/C7H7NO4S/c1-4-3-13-5(2-6(9)10)7(4)8(11)12/h3H,2H2,1H3,(H,9,10). The smallest absolute Gasteiger partial charge is 0.308 e. The molecule has 6 heteroatoms. The van der Waals surface area contributed by atoms with Gasteiger partial charge >= 0.3 is 5.97 Å². The second kappa shape index (κ2) is 3.53. The fraction of sp³-hybridized carbons (Fsp3) is 0.286. The van der Waals surface area contributed by atoms with Crippen molar-refractivity contribution >= 4 is 23.0 Å². The van der Waals surface area contributed by atoms with Crippen molar-refractivity contribution in [2.24, 2.45) is 0 Å². The second-order valence-electron chi connectivity index (χ2n) is 2.52. The number of rotatable bonds is 3. The maximum absolute atomic E-state index is 10.5. The molecule has 0 spiro atoms. The molecule has 1 N–H and O–H groups in total. The molecule has 0 radical (unpaired) electrons. The van der Waals surface area contributed by atoms with E-state index in [0.717, 1.165) is 11.3 Å². The molecule has 0 aliphatic heterocycles. The average Bonchev–Trinajstić information content (AvgIpc) is 2.30. The molecule has 0 saturated heterocycles. The van der Waals surface area contributed by atoms with Crippen molar-refractivity contribution in [2.75, 3.05) is 0 Å². The molecule has 1 heterocycles. The summed E-state index contributed by atoms with van der Waals surface area (Å²) in [5.74, 6) is -1.05. The summed E-state index contributed by atoms with van der Waals surface area (Å²) < 4.78 is 0. The first-order valence-electron chi connectivity index (χ1n) is 3.45. The zero-order valence-electron chi connectivity index (χ0n) is 6.81. The molecule has 1 rings (SSSR count). The van der Waals surface area contributed by atoms with Crippen molar-refractivity contribution in [3.63, 3.8) is 0 Å². The number of carboxylic acid groups (broad SMARTS) is 1. The fourth-order valence-electron chi connectivity index (χ4n) is 1.000. The first-order chi connectivity index (χ1) is 6.02. The highest BCUT2D eigenvalue weighted by Gasteiger charge is 2.21. The van der Waals surface area contributed by atoms with Crippen LogP contribution in [0.2, 0.25) is 0 Å². The van der Waals surface area contributed by atoms with Crippen LogP contribution in [0.3, 0.4) is 0 Å². The molecule has 0 fully saturated rings. The van der Waals surface area contributed by atoms with Gasteiger partial charge in [0.1, 0.15) is 0 Å². The third-order valence-corrected chi connectivity index (χ3v) is 2.60. The predicted octanol–water partition coefficient (Wildman–Crippen LogP) is 1.59. The molecular weight excluding hydrogens is 194 g/mol. The lowest BCUT2D eigenvalue weighted by molar-refractivity contribution is -0.385. The van der Waals surface area contributed by atoms with Crippen LogP contribution in [-0.2, 0) is 11.2 Å². The fourth-order valence-corrected chi connectivity index (χ4v) is 1.98. The SMILES string of the molecule is Cc1csc(CC(=O)O)c1[N+](=O)[O-]. The largest absolute Gasteiger partial charge is 0.481 e. The van der Waals surface area contributed by atoms with Gasteiger partial charge in [-0.15, -0.1) is 11.3 Å². The van der Waals surface area contributed by atoms with E-state index in [4.69, 9.17) is 5.11 Å². The highest BCUT2D eigenvalue weighted by Crippen LogP contribution is 2.29. The molecule has 1 aromatic rings. The number of nitro groups is 1. The zero-order valence-corrected chi connectivity index (χ0v) is 7.63. The van der Waals surface area contributed by atoms with Crippen molar-refractivity contribution < 1.29 is 14.8 Å². The third kappa shape index (κ3) is 2.03. The molecule has 0 aliphatic rings. The van der Waals surface area contributed by atoms with E-state index in [0.29, 0.717) is 10.4 Å². The molecule has 0 aliphatic carbocycles. The number of carboxylic acids is 1. The summed E-state index contributed by atoms with van der Waals surface area (Å²) in [7, 11) is 0. The molecule has 13 heavy (non-hydrogen) atoms. The van der Waals surface area contributed by atoms with E-state index in [1.165, 1.54) is 0 Å². The van der Waals surface area contributed by atoms with Crippen molar-refractivity contribution in [1.82, 2.24) is 0 Å². The summed E-state index contributed by atoms with van der Waals surface area (Å²) in [5.41, 5.74) is 0.457. The Morgan fingerprint density at radius 2 is 2.38 bits per heavy atom. The van der Waals surface area contributed by atoms with E-state index in [-0.39, 0.29) is 12.1 Å². The first kappa shape index (κ1) is 9.66. The number of nitrogens with zero attached hydrogens (tertiary/aromatic N) is 1. The van der Waals surface area contributed by atoms with E-state index in [1.54, 1.807) is 12.3 Å². The Balaban J connectivity index is 3.07. The summed E-state index contributed by atoms with van der Waals surface area (Å²) in [5, 5.41) is 20.6. The minimum absolute atomic E-state index is 0.0626. The van der Waals surface area contributed by atoms with E-state index in [2.05, 4.69) is 0 Å². The number of carbonyl (C=O) groups is 1. The Bertz CT molecular complexity index is 357. The lowest BCUT2D eigenvalue weighted by Gasteiger charge is -1.92. The Morgan fingerprint density at radius 1 is 1.77 bits per heavy atom. The molecule has 1 aromatic heterocycles. The van der Waals surface area contributed by atoms with Crippen molar-refractivity contribution in [3.05, 3.63) is 25.9 Å². The Morgan fingerprint density at radius 3 is 2.85 bits per heavy atom. The lowest BCUT2D eigenvalue weighted by Crippen LogP contribution is -2.01. The summed E-state index contributed by atoms with van der Waals surface area (Å²) in [6.07, 6.45) is -0.283. The molecule has 0 aromatic carbocycles. The minimum Gasteiger partial charge on any atom is -0.481 e. The average molecular weight is 201 g/mol. The van der Waals surface area contributed by atoms with Gasteiger partial charge in [0.25, 0.3) is 5.69 Å². The summed E-state index contributed by atoms with van der Waals surface area (Å²) in [4.78, 5) is 20.6. The third-order valence-electron chi connectivity index (χ3n) is 1.51. The summed E-state index contributed by atoms with van der Waals surface area (Å²) >= 11 is 1.11. The van der Waals surface area contributed by atoms with Crippen molar-refractivity contribution in [2.45, 2.75) is 13.3 Å². The van der Waals surface area contributed by atoms with Crippen LogP contribution >= 0.6 is 11.3 Å². The second-order valence-corrected chi connectivity index (χ2v) is 3.48. The van der Waals surface area contributed by atoms with Crippen LogP contribution in [0.4, 0.5) is 5.69 Å². The molecule has 5 nitrogen and oxygen atoms in total. The molecular formula is C7H7NO4S. The van der Waals surface area contributed by atoms with Crippen LogP contribution < -0.4 is 0 Å². The van der Waals surface area contributed by atoms with Crippen LogP contribution in [-0.4, -0.2) is 16.0 Å². The monoisotopic (exact) mass is 201 g/mol. The predicted molar refractivity (Wildman–Crippen MR) is 47.1 cm³/mol. The van der Waals surface area contributed by atoms with Crippen LogP contribution in [0.15, 0.2) is 5.38 Å².